The number of hydrogen-bond acceptors (Lipinski definition) is 7. The molecule has 2 heterocycles. The zero-order valence-corrected chi connectivity index (χ0v) is 15.8. The van der Waals surface area contributed by atoms with Gasteiger partial charge in [-0.1, -0.05) is 29.3 Å². The molecule has 2 atom stereocenters. The van der Waals surface area contributed by atoms with E-state index in [0.717, 1.165) is 0 Å². The molecule has 0 amide bonds. The Morgan fingerprint density at radius 2 is 1.89 bits per heavy atom. The smallest absolute Gasteiger partial charge is 0.328 e. The molecule has 150 valence electrons. The molecule has 0 aliphatic carbocycles. The number of nitrogens with two attached hydrogens (primary N) is 2. The van der Waals surface area contributed by atoms with Gasteiger partial charge in [0.25, 0.3) is 0 Å². The largest absolute Gasteiger partial charge is 0.493 e. The van der Waals surface area contributed by atoms with Crippen LogP contribution in [0, 0.1) is 0 Å². The second kappa shape index (κ2) is 7.37. The van der Waals surface area contributed by atoms with Gasteiger partial charge in [0, 0.05) is 16.1 Å². The molecular formula is C16H14Cl2F3N5O2. The number of carbonyl (C=O) groups is 1. The summed E-state index contributed by atoms with van der Waals surface area (Å²) in [7, 11) is 1.47. The summed E-state index contributed by atoms with van der Waals surface area (Å²) < 4.78 is 38.1. The quantitative estimate of drug-likeness (QED) is 0.747. The zero-order valence-electron chi connectivity index (χ0n) is 14.2. The minimum Gasteiger partial charge on any atom is -0.328 e. The summed E-state index contributed by atoms with van der Waals surface area (Å²) in [6, 6.07) is 7.80. The second-order valence-electron chi connectivity index (χ2n) is 5.96. The fraction of sp³-hybridized carbons (Fsp3) is 0.250. The molecule has 4 N–H and O–H groups in total. The Hall–Kier alpha value is -2.11. The van der Waals surface area contributed by atoms with E-state index in [9.17, 15) is 18.0 Å². The Morgan fingerprint density at radius 1 is 1.21 bits per heavy atom. The first-order valence-corrected chi connectivity index (χ1v) is 8.54. The Balaban J connectivity index is 2.10. The lowest BCUT2D eigenvalue weighted by atomic mass is 10.1. The van der Waals surface area contributed by atoms with Gasteiger partial charge in [-0.05, 0) is 31.3 Å². The van der Waals surface area contributed by atoms with Crippen molar-refractivity contribution in [1.29, 1.82) is 0 Å². The molecule has 7 nitrogen and oxygen atoms in total. The van der Waals surface area contributed by atoms with Gasteiger partial charge < -0.3 is 10.6 Å². The monoisotopic (exact) mass is 435 g/mol. The molecule has 12 heteroatoms. The van der Waals surface area contributed by atoms with Gasteiger partial charge in [-0.2, -0.15) is 18.2 Å². The van der Waals surface area contributed by atoms with Crippen LogP contribution in [-0.4, -0.2) is 35.4 Å². The molecule has 1 aromatic heterocycles. The fourth-order valence-corrected chi connectivity index (χ4v) is 3.13. The summed E-state index contributed by atoms with van der Waals surface area (Å²) in [5, 5.41) is 1.25. The van der Waals surface area contributed by atoms with Crippen molar-refractivity contribution in [2.45, 2.75) is 18.6 Å². The number of nitrogens with zero attached hydrogens (tertiary/aromatic N) is 3. The highest BCUT2D eigenvalue weighted by Crippen LogP contribution is 2.37. The molecule has 2 aromatic rings. The summed E-state index contributed by atoms with van der Waals surface area (Å²) in [6.07, 6.45) is -7.29. The van der Waals surface area contributed by atoms with Crippen molar-refractivity contribution < 1.29 is 22.8 Å². The number of anilines is 1. The number of benzene rings is 1. The minimum absolute atomic E-state index is 0.126. The number of pyridine rings is 1. The Morgan fingerprint density at radius 3 is 2.50 bits per heavy atom. The van der Waals surface area contributed by atoms with Crippen molar-refractivity contribution in [2.75, 3.05) is 12.1 Å². The van der Waals surface area contributed by atoms with Crippen molar-refractivity contribution >= 4 is 35.0 Å². The van der Waals surface area contributed by atoms with Crippen LogP contribution in [0.25, 0.3) is 11.3 Å². The number of alkyl halides is 3. The number of carbonyl (C=O) groups excluding carboxylic acids is 1. The van der Waals surface area contributed by atoms with Crippen molar-refractivity contribution in [3.8, 4) is 11.3 Å². The summed E-state index contributed by atoms with van der Waals surface area (Å²) in [5.41, 5.74) is 13.1. The molecule has 0 saturated carbocycles. The van der Waals surface area contributed by atoms with E-state index in [2.05, 4.69) is 9.82 Å². The number of aromatic nitrogens is 1. The topological polar surface area (TPSA) is 97.7 Å². The van der Waals surface area contributed by atoms with Crippen LogP contribution in [0.3, 0.4) is 0 Å². The Kier molecular flexibility index (Phi) is 5.43. The van der Waals surface area contributed by atoms with Crippen LogP contribution in [0.5, 0.6) is 0 Å². The number of fused-ring (bicyclic) bond motifs is 1. The summed E-state index contributed by atoms with van der Waals surface area (Å²) in [4.78, 5) is 21.5. The molecule has 0 spiro atoms. The first-order valence-electron chi connectivity index (χ1n) is 7.78. The molecule has 0 bridgehead atoms. The van der Waals surface area contributed by atoms with Crippen LogP contribution in [0.4, 0.5) is 19.0 Å². The SMILES string of the molecule is CN1C(N)c2ccc(-c3ccc(Cl)cc3Cl)nc2N(OC(=O)C(F)(F)F)C1N. The minimum atomic E-state index is -5.21. The van der Waals surface area contributed by atoms with Crippen LogP contribution < -0.4 is 16.5 Å². The maximum atomic E-state index is 12.7. The number of hydrogen-bond donors (Lipinski definition) is 2. The zero-order chi connectivity index (χ0) is 20.8. The maximum Gasteiger partial charge on any atom is 0.493 e. The van der Waals surface area contributed by atoms with Gasteiger partial charge in [-0.3, -0.25) is 10.6 Å². The van der Waals surface area contributed by atoms with E-state index in [1.807, 2.05) is 0 Å². The standard InChI is InChI=1S/C16H14Cl2F3N5O2/c1-25-12(22)9-4-5-11(8-3-2-7(17)6-10(8)18)24-13(9)26(15(25)23)28-14(27)16(19,20)21/h2-6,12,15H,22-23H2,1H3. The summed E-state index contributed by atoms with van der Waals surface area (Å²) >= 11 is 12.1. The average Bonchev–Trinajstić information content (AvgIpc) is 2.62. The number of hydroxylamine groups is 1. The van der Waals surface area contributed by atoms with Gasteiger partial charge in [-0.15, -0.1) is 0 Å². The van der Waals surface area contributed by atoms with Gasteiger partial charge in [0.05, 0.1) is 16.9 Å². The van der Waals surface area contributed by atoms with Crippen LogP contribution in [0.15, 0.2) is 30.3 Å². The summed E-state index contributed by atoms with van der Waals surface area (Å²) in [5.74, 6) is -2.56. The van der Waals surface area contributed by atoms with E-state index in [4.69, 9.17) is 34.7 Å². The molecular weight excluding hydrogens is 422 g/mol. The molecule has 1 aliphatic heterocycles. The van der Waals surface area contributed by atoms with E-state index >= 15 is 0 Å². The van der Waals surface area contributed by atoms with Gasteiger partial charge in [0.15, 0.2) is 12.1 Å². The lowest BCUT2D eigenvalue weighted by Crippen LogP contribution is -2.60. The molecule has 1 aliphatic rings. The maximum absolute atomic E-state index is 12.7. The van der Waals surface area contributed by atoms with Crippen LogP contribution in [-0.2, 0) is 9.63 Å². The predicted octanol–water partition coefficient (Wildman–Crippen LogP) is 3.03. The first kappa shape index (κ1) is 20.6. The lowest BCUT2D eigenvalue weighted by Gasteiger charge is -2.42. The number of rotatable bonds is 2. The normalized spacial score (nSPS) is 20.1. The van der Waals surface area contributed by atoms with E-state index in [-0.39, 0.29) is 10.8 Å². The van der Waals surface area contributed by atoms with Crippen molar-refractivity contribution in [3.63, 3.8) is 0 Å². The average molecular weight is 436 g/mol. The Bertz CT molecular complexity index is 928. The van der Waals surface area contributed by atoms with Gasteiger partial charge in [-0.25, -0.2) is 9.78 Å². The molecule has 0 fully saturated rings. The van der Waals surface area contributed by atoms with Gasteiger partial charge in [0.2, 0.25) is 0 Å². The molecule has 2 unspecified atom stereocenters. The van der Waals surface area contributed by atoms with Crippen molar-refractivity contribution in [3.05, 3.63) is 45.9 Å². The highest BCUT2D eigenvalue weighted by molar-refractivity contribution is 6.36. The van der Waals surface area contributed by atoms with Crippen LogP contribution in [0.1, 0.15) is 11.7 Å². The van der Waals surface area contributed by atoms with Crippen molar-refractivity contribution in [1.82, 2.24) is 9.88 Å². The highest BCUT2D eigenvalue weighted by atomic mass is 35.5. The fourth-order valence-electron chi connectivity index (χ4n) is 2.63. The third-order valence-corrected chi connectivity index (χ3v) is 4.70. The predicted molar refractivity (Wildman–Crippen MR) is 97.0 cm³/mol. The van der Waals surface area contributed by atoms with Crippen LogP contribution >= 0.6 is 23.2 Å². The van der Waals surface area contributed by atoms with Gasteiger partial charge in [0.1, 0.15) is 0 Å². The summed E-state index contributed by atoms with van der Waals surface area (Å²) in [6.45, 7) is 0. The molecule has 28 heavy (non-hydrogen) atoms. The third-order valence-electron chi connectivity index (χ3n) is 4.15. The van der Waals surface area contributed by atoms with Crippen LogP contribution in [0.2, 0.25) is 10.0 Å². The van der Waals surface area contributed by atoms with Gasteiger partial charge >= 0.3 is 12.1 Å². The molecule has 3 rings (SSSR count). The highest BCUT2D eigenvalue weighted by Gasteiger charge is 2.46. The molecule has 1 aromatic carbocycles. The van der Waals surface area contributed by atoms with Crippen molar-refractivity contribution in [2.24, 2.45) is 11.5 Å². The Labute approximate surface area is 167 Å². The lowest BCUT2D eigenvalue weighted by molar-refractivity contribution is -0.204. The number of halogens is 5. The molecule has 0 saturated heterocycles. The third kappa shape index (κ3) is 3.74. The first-order chi connectivity index (χ1) is 13.0. The van der Waals surface area contributed by atoms with E-state index < -0.39 is 24.6 Å². The van der Waals surface area contributed by atoms with E-state index in [0.29, 0.717) is 26.9 Å². The second-order valence-corrected chi connectivity index (χ2v) is 6.80. The molecule has 0 radical (unpaired) electrons. The van der Waals surface area contributed by atoms with E-state index in [1.54, 1.807) is 24.3 Å². The van der Waals surface area contributed by atoms with E-state index in [1.165, 1.54) is 18.0 Å².